The van der Waals surface area contributed by atoms with E-state index in [4.69, 9.17) is 0 Å². The Hall–Kier alpha value is -1.98. The molecule has 0 bridgehead atoms. The third-order valence-corrected chi connectivity index (χ3v) is 5.84. The van der Waals surface area contributed by atoms with Gasteiger partial charge in [0.25, 0.3) is 5.91 Å². The zero-order valence-electron chi connectivity index (χ0n) is 16.3. The first-order valence-electron chi connectivity index (χ1n) is 9.55. The van der Waals surface area contributed by atoms with Crippen molar-refractivity contribution in [3.63, 3.8) is 0 Å². The molecular formula is C20H30N4O2. The molecule has 2 aliphatic rings. The summed E-state index contributed by atoms with van der Waals surface area (Å²) in [6.45, 7) is 9.65. The van der Waals surface area contributed by atoms with Crippen molar-refractivity contribution in [3.8, 4) is 0 Å². The van der Waals surface area contributed by atoms with Crippen molar-refractivity contribution in [1.29, 1.82) is 0 Å². The van der Waals surface area contributed by atoms with Crippen molar-refractivity contribution in [2.45, 2.75) is 65.8 Å². The molecule has 3 rings (SSSR count). The number of carbonyl (C=O) groups excluding carboxylic acids is 2. The molecule has 142 valence electrons. The van der Waals surface area contributed by atoms with Gasteiger partial charge in [0.1, 0.15) is 0 Å². The number of nitrogens with zero attached hydrogens (tertiary/aromatic N) is 3. The van der Waals surface area contributed by atoms with Crippen LogP contribution in [0.25, 0.3) is 0 Å². The van der Waals surface area contributed by atoms with Gasteiger partial charge in [-0.25, -0.2) is 0 Å². The molecule has 1 atom stereocenters. The Morgan fingerprint density at radius 2 is 2.04 bits per heavy atom. The van der Waals surface area contributed by atoms with Crippen LogP contribution in [0.4, 0.5) is 0 Å². The smallest absolute Gasteiger partial charge is 0.253 e. The minimum atomic E-state index is -0.153. The SMILES string of the molecule is Cc1nnccc1C(=O)NCC1CC(C)(C)CN1C(=O)CCC1(C)CC1. The van der Waals surface area contributed by atoms with Crippen molar-refractivity contribution in [3.05, 3.63) is 23.5 Å². The van der Waals surface area contributed by atoms with E-state index >= 15 is 0 Å². The summed E-state index contributed by atoms with van der Waals surface area (Å²) in [4.78, 5) is 27.2. The summed E-state index contributed by atoms with van der Waals surface area (Å²) in [5, 5.41) is 10.7. The molecule has 2 amide bonds. The number of nitrogens with one attached hydrogen (secondary N) is 1. The third-order valence-electron chi connectivity index (χ3n) is 5.84. The quantitative estimate of drug-likeness (QED) is 0.848. The molecule has 1 unspecified atom stereocenters. The van der Waals surface area contributed by atoms with Crippen LogP contribution in [-0.4, -0.2) is 46.0 Å². The number of aryl methyl sites for hydroxylation is 1. The second-order valence-corrected chi connectivity index (χ2v) is 9.09. The molecule has 1 aromatic heterocycles. The number of amides is 2. The second kappa shape index (κ2) is 6.97. The molecule has 1 aromatic rings. The molecule has 1 saturated carbocycles. The van der Waals surface area contributed by atoms with Crippen LogP contribution < -0.4 is 5.32 Å². The molecular weight excluding hydrogens is 328 g/mol. The monoisotopic (exact) mass is 358 g/mol. The lowest BCUT2D eigenvalue weighted by Gasteiger charge is -2.26. The highest BCUT2D eigenvalue weighted by Gasteiger charge is 2.42. The Labute approximate surface area is 155 Å². The van der Waals surface area contributed by atoms with E-state index in [0.29, 0.717) is 29.6 Å². The summed E-state index contributed by atoms with van der Waals surface area (Å²) in [6.07, 6.45) is 6.50. The molecule has 0 radical (unpaired) electrons. The predicted molar refractivity (Wildman–Crippen MR) is 99.6 cm³/mol. The van der Waals surface area contributed by atoms with Crippen LogP contribution in [0.3, 0.4) is 0 Å². The fourth-order valence-corrected chi connectivity index (χ4v) is 3.84. The molecule has 1 saturated heterocycles. The first kappa shape index (κ1) is 18.8. The Balaban J connectivity index is 1.59. The molecule has 2 heterocycles. The van der Waals surface area contributed by atoms with Gasteiger partial charge in [0.2, 0.25) is 5.91 Å². The lowest BCUT2D eigenvalue weighted by molar-refractivity contribution is -0.132. The summed E-state index contributed by atoms with van der Waals surface area (Å²) in [5.74, 6) is 0.0738. The van der Waals surface area contributed by atoms with Crippen molar-refractivity contribution in [1.82, 2.24) is 20.4 Å². The standard InChI is InChI=1S/C20H30N4O2/c1-14-16(6-10-22-23-14)18(26)21-12-15-11-19(2,3)13-24(15)17(25)5-7-20(4)8-9-20/h6,10,15H,5,7-9,11-13H2,1-4H3,(H,21,26). The van der Waals surface area contributed by atoms with Crippen LogP contribution in [0.5, 0.6) is 0 Å². The Morgan fingerprint density at radius 1 is 1.31 bits per heavy atom. The first-order valence-corrected chi connectivity index (χ1v) is 9.55. The number of rotatable bonds is 6. The molecule has 1 aliphatic carbocycles. The number of likely N-dealkylation sites (tertiary alicyclic amines) is 1. The van der Waals surface area contributed by atoms with E-state index in [1.165, 1.54) is 19.0 Å². The maximum absolute atomic E-state index is 12.8. The van der Waals surface area contributed by atoms with Gasteiger partial charge in [-0.1, -0.05) is 20.8 Å². The predicted octanol–water partition coefficient (Wildman–Crippen LogP) is 2.72. The fourth-order valence-electron chi connectivity index (χ4n) is 3.84. The van der Waals surface area contributed by atoms with Crippen molar-refractivity contribution in [2.24, 2.45) is 10.8 Å². The van der Waals surface area contributed by atoms with Crippen LogP contribution >= 0.6 is 0 Å². The van der Waals surface area contributed by atoms with E-state index in [1.54, 1.807) is 13.0 Å². The Morgan fingerprint density at radius 3 is 2.69 bits per heavy atom. The van der Waals surface area contributed by atoms with Gasteiger partial charge in [-0.3, -0.25) is 9.59 Å². The lowest BCUT2D eigenvalue weighted by atomic mass is 9.90. The summed E-state index contributed by atoms with van der Waals surface area (Å²) in [5.41, 5.74) is 1.63. The van der Waals surface area contributed by atoms with Gasteiger partial charge in [-0.2, -0.15) is 10.2 Å². The first-order chi connectivity index (χ1) is 12.2. The molecule has 2 fully saturated rings. The van der Waals surface area contributed by atoms with Crippen LogP contribution in [0.1, 0.15) is 68.9 Å². The molecule has 1 N–H and O–H groups in total. The lowest BCUT2D eigenvalue weighted by Crippen LogP contribution is -2.43. The number of hydrogen-bond donors (Lipinski definition) is 1. The summed E-state index contributed by atoms with van der Waals surface area (Å²) >= 11 is 0. The highest BCUT2D eigenvalue weighted by molar-refractivity contribution is 5.95. The Bertz CT molecular complexity index is 697. The van der Waals surface area contributed by atoms with Gasteiger partial charge in [-0.05, 0) is 49.5 Å². The van der Waals surface area contributed by atoms with Gasteiger partial charge in [-0.15, -0.1) is 0 Å². The van der Waals surface area contributed by atoms with E-state index < -0.39 is 0 Å². The van der Waals surface area contributed by atoms with Crippen molar-refractivity contribution >= 4 is 11.8 Å². The number of carbonyl (C=O) groups is 2. The van der Waals surface area contributed by atoms with E-state index in [2.05, 4.69) is 36.3 Å². The molecule has 0 spiro atoms. The summed E-state index contributed by atoms with van der Waals surface area (Å²) in [6, 6.07) is 1.73. The maximum Gasteiger partial charge on any atom is 0.253 e. The van der Waals surface area contributed by atoms with Crippen LogP contribution in [-0.2, 0) is 4.79 Å². The van der Waals surface area contributed by atoms with Gasteiger partial charge >= 0.3 is 0 Å². The minimum absolute atomic E-state index is 0.0589. The molecule has 6 heteroatoms. The van der Waals surface area contributed by atoms with Gasteiger partial charge in [0, 0.05) is 25.6 Å². The molecule has 26 heavy (non-hydrogen) atoms. The number of aromatic nitrogens is 2. The average molecular weight is 358 g/mol. The van der Waals surface area contributed by atoms with Gasteiger partial charge < -0.3 is 10.2 Å². The fraction of sp³-hybridized carbons (Fsp3) is 0.700. The van der Waals surface area contributed by atoms with E-state index in [-0.39, 0.29) is 23.3 Å². The zero-order valence-corrected chi connectivity index (χ0v) is 16.3. The van der Waals surface area contributed by atoms with Crippen LogP contribution in [0.15, 0.2) is 12.3 Å². The summed E-state index contributed by atoms with van der Waals surface area (Å²) < 4.78 is 0. The van der Waals surface area contributed by atoms with E-state index in [1.807, 2.05) is 4.90 Å². The van der Waals surface area contributed by atoms with Crippen LogP contribution in [0, 0.1) is 17.8 Å². The largest absolute Gasteiger partial charge is 0.350 e. The van der Waals surface area contributed by atoms with Gasteiger partial charge in [0.05, 0.1) is 17.5 Å². The molecule has 6 nitrogen and oxygen atoms in total. The van der Waals surface area contributed by atoms with E-state index in [0.717, 1.165) is 19.4 Å². The van der Waals surface area contributed by atoms with Crippen molar-refractivity contribution < 1.29 is 9.59 Å². The van der Waals surface area contributed by atoms with E-state index in [9.17, 15) is 9.59 Å². The Kier molecular flexibility index (Phi) is 5.04. The molecule has 1 aliphatic heterocycles. The zero-order chi connectivity index (χ0) is 18.9. The van der Waals surface area contributed by atoms with Crippen LogP contribution in [0.2, 0.25) is 0 Å². The highest BCUT2D eigenvalue weighted by atomic mass is 16.2. The average Bonchev–Trinajstić information content (AvgIpc) is 3.23. The minimum Gasteiger partial charge on any atom is -0.350 e. The molecule has 0 aromatic carbocycles. The van der Waals surface area contributed by atoms with Crippen molar-refractivity contribution in [2.75, 3.05) is 13.1 Å². The normalized spacial score (nSPS) is 22.9. The van der Waals surface area contributed by atoms with Gasteiger partial charge in [0.15, 0.2) is 0 Å². The second-order valence-electron chi connectivity index (χ2n) is 9.09. The maximum atomic E-state index is 12.8. The summed E-state index contributed by atoms with van der Waals surface area (Å²) in [7, 11) is 0. The number of hydrogen-bond acceptors (Lipinski definition) is 4. The topological polar surface area (TPSA) is 75.2 Å². The highest BCUT2D eigenvalue weighted by Crippen LogP contribution is 2.49. The third kappa shape index (κ3) is 4.40.